The summed E-state index contributed by atoms with van der Waals surface area (Å²) in [5.41, 5.74) is 8.72. The van der Waals surface area contributed by atoms with Crippen LogP contribution in [0.4, 0.5) is 10.1 Å². The van der Waals surface area contributed by atoms with E-state index in [1.54, 1.807) is 24.3 Å². The number of hydrogen-bond donors (Lipinski definition) is 2. The molecule has 0 aliphatic heterocycles. The van der Waals surface area contributed by atoms with Crippen molar-refractivity contribution in [1.29, 1.82) is 0 Å². The second-order valence-electron chi connectivity index (χ2n) is 4.54. The number of ether oxygens (including phenoxy) is 1. The number of rotatable bonds is 4. The zero-order valence-corrected chi connectivity index (χ0v) is 12.2. The van der Waals surface area contributed by atoms with Crippen molar-refractivity contribution in [2.75, 3.05) is 12.8 Å². The van der Waals surface area contributed by atoms with Gasteiger partial charge in [-0.3, -0.25) is 0 Å². The van der Waals surface area contributed by atoms with E-state index < -0.39 is 0 Å². The van der Waals surface area contributed by atoms with Gasteiger partial charge in [0.05, 0.1) is 18.1 Å². The Balaban J connectivity index is 1.80. The van der Waals surface area contributed by atoms with Gasteiger partial charge in [-0.15, -0.1) is 0 Å². The largest absolute Gasteiger partial charge is 0.494 e. The number of thioether (sulfide) groups is 1. The maximum Gasteiger partial charge on any atom is 0.169 e. The van der Waals surface area contributed by atoms with E-state index in [1.165, 1.54) is 18.9 Å². The van der Waals surface area contributed by atoms with Crippen molar-refractivity contribution >= 4 is 28.5 Å². The number of anilines is 1. The van der Waals surface area contributed by atoms with Gasteiger partial charge in [0.2, 0.25) is 0 Å². The molecular weight excluding hydrogens is 289 g/mol. The first kappa shape index (κ1) is 13.8. The summed E-state index contributed by atoms with van der Waals surface area (Å²) >= 11 is 1.44. The third kappa shape index (κ3) is 2.80. The van der Waals surface area contributed by atoms with E-state index in [4.69, 9.17) is 10.5 Å². The Kier molecular flexibility index (Phi) is 3.70. The van der Waals surface area contributed by atoms with E-state index in [9.17, 15) is 4.39 Å². The fraction of sp³-hybridized carbons (Fsp3) is 0.133. The number of fused-ring (bicyclic) bond motifs is 1. The van der Waals surface area contributed by atoms with Gasteiger partial charge < -0.3 is 15.5 Å². The number of halogens is 1. The van der Waals surface area contributed by atoms with E-state index in [0.29, 0.717) is 17.0 Å². The second kappa shape index (κ2) is 5.65. The van der Waals surface area contributed by atoms with Crippen molar-refractivity contribution in [2.24, 2.45) is 0 Å². The number of methoxy groups -OCH3 is 1. The molecule has 108 valence electrons. The number of nitrogens with two attached hydrogens (primary N) is 1. The molecule has 3 rings (SSSR count). The Bertz CT molecular complexity index is 788. The Morgan fingerprint density at radius 3 is 3.00 bits per heavy atom. The molecule has 6 heteroatoms. The summed E-state index contributed by atoms with van der Waals surface area (Å²) < 4.78 is 19.0. The van der Waals surface area contributed by atoms with Gasteiger partial charge in [-0.1, -0.05) is 23.9 Å². The minimum atomic E-state index is -0.326. The first-order valence-corrected chi connectivity index (χ1v) is 7.35. The highest BCUT2D eigenvalue weighted by molar-refractivity contribution is 7.98. The predicted octanol–water partition coefficient (Wildman–Crippen LogP) is 3.59. The molecule has 0 bridgehead atoms. The topological polar surface area (TPSA) is 63.9 Å². The first-order valence-electron chi connectivity index (χ1n) is 6.37. The van der Waals surface area contributed by atoms with Crippen LogP contribution < -0.4 is 10.5 Å². The molecule has 3 N–H and O–H groups in total. The normalized spacial score (nSPS) is 11.0. The van der Waals surface area contributed by atoms with Crippen molar-refractivity contribution in [2.45, 2.75) is 10.9 Å². The van der Waals surface area contributed by atoms with Gasteiger partial charge in [-0.2, -0.15) is 0 Å². The van der Waals surface area contributed by atoms with Crippen LogP contribution in [0.15, 0.2) is 41.6 Å². The molecule has 0 spiro atoms. The Morgan fingerprint density at radius 2 is 2.19 bits per heavy atom. The van der Waals surface area contributed by atoms with Crippen LogP contribution in [0, 0.1) is 5.82 Å². The lowest BCUT2D eigenvalue weighted by Crippen LogP contribution is -1.93. The molecule has 0 fully saturated rings. The average Bonchev–Trinajstić information content (AvgIpc) is 2.88. The number of aromatic amines is 1. The van der Waals surface area contributed by atoms with E-state index >= 15 is 0 Å². The van der Waals surface area contributed by atoms with Crippen molar-refractivity contribution in [3.05, 3.63) is 47.8 Å². The number of nitrogen functional groups attached to an aromatic ring is 1. The molecule has 4 nitrogen and oxygen atoms in total. The molecule has 0 aliphatic rings. The lowest BCUT2D eigenvalue weighted by atomic mass is 10.2. The van der Waals surface area contributed by atoms with Crippen LogP contribution in [0.2, 0.25) is 0 Å². The van der Waals surface area contributed by atoms with Crippen molar-refractivity contribution < 1.29 is 9.13 Å². The Labute approximate surface area is 125 Å². The maximum atomic E-state index is 14.0. The summed E-state index contributed by atoms with van der Waals surface area (Å²) in [4.78, 5) is 7.61. The summed E-state index contributed by atoms with van der Waals surface area (Å²) in [6.07, 6.45) is 0. The molecule has 0 saturated carbocycles. The van der Waals surface area contributed by atoms with Gasteiger partial charge >= 0.3 is 0 Å². The number of H-pyrrole nitrogens is 1. The second-order valence-corrected chi connectivity index (χ2v) is 5.50. The molecule has 1 aromatic heterocycles. The summed E-state index contributed by atoms with van der Waals surface area (Å²) in [6, 6.07) is 10.6. The Hall–Kier alpha value is -2.21. The first-order chi connectivity index (χ1) is 10.2. The number of imidazole rings is 1. The van der Waals surface area contributed by atoms with Gasteiger partial charge in [0.15, 0.2) is 16.7 Å². The quantitative estimate of drug-likeness (QED) is 0.571. The molecule has 0 aliphatic carbocycles. The zero-order valence-electron chi connectivity index (χ0n) is 11.4. The van der Waals surface area contributed by atoms with Crippen molar-refractivity contribution in [1.82, 2.24) is 9.97 Å². The number of aromatic nitrogens is 2. The van der Waals surface area contributed by atoms with Crippen LogP contribution >= 0.6 is 11.8 Å². The average molecular weight is 303 g/mol. The molecule has 0 radical (unpaired) electrons. The minimum absolute atomic E-state index is 0.255. The SMILES string of the molecule is COc1cccc(CSc2nc3ccc(N)cc3[nH]2)c1F. The van der Waals surface area contributed by atoms with Crippen molar-refractivity contribution in [3.8, 4) is 5.75 Å². The van der Waals surface area contributed by atoms with Gasteiger partial charge in [-0.25, -0.2) is 9.37 Å². The third-order valence-corrected chi connectivity index (χ3v) is 4.03. The fourth-order valence-corrected chi connectivity index (χ4v) is 2.90. The van der Waals surface area contributed by atoms with Gasteiger partial charge in [-0.05, 0) is 24.3 Å². The van der Waals surface area contributed by atoms with Crippen LogP contribution in [0.3, 0.4) is 0 Å². The monoisotopic (exact) mass is 303 g/mol. The predicted molar refractivity (Wildman–Crippen MR) is 83.0 cm³/mol. The number of hydrogen-bond acceptors (Lipinski definition) is 4. The highest BCUT2D eigenvalue weighted by atomic mass is 32.2. The third-order valence-electron chi connectivity index (χ3n) is 3.11. The maximum absolute atomic E-state index is 14.0. The molecule has 1 heterocycles. The van der Waals surface area contributed by atoms with Crippen LogP contribution in [0.25, 0.3) is 11.0 Å². The van der Waals surface area contributed by atoms with Crippen LogP contribution in [0.5, 0.6) is 5.75 Å². The van der Waals surface area contributed by atoms with Gasteiger partial charge in [0.1, 0.15) is 0 Å². The molecule has 0 amide bonds. The summed E-state index contributed by atoms with van der Waals surface area (Å²) in [6.45, 7) is 0. The van der Waals surface area contributed by atoms with E-state index in [1.807, 2.05) is 12.1 Å². The molecule has 0 atom stereocenters. The summed E-state index contributed by atoms with van der Waals surface area (Å²) in [5.74, 6) is 0.400. The molecule has 0 unspecified atom stereocenters. The molecule has 3 aromatic rings. The van der Waals surface area contributed by atoms with E-state index in [2.05, 4.69) is 9.97 Å². The zero-order chi connectivity index (χ0) is 14.8. The number of nitrogens with one attached hydrogen (secondary N) is 1. The smallest absolute Gasteiger partial charge is 0.169 e. The highest BCUT2D eigenvalue weighted by Crippen LogP contribution is 2.27. The van der Waals surface area contributed by atoms with Gasteiger partial charge in [0.25, 0.3) is 0 Å². The van der Waals surface area contributed by atoms with Crippen LogP contribution in [0.1, 0.15) is 5.56 Å². The van der Waals surface area contributed by atoms with Gasteiger partial charge in [0, 0.05) is 17.0 Å². The fourth-order valence-electron chi connectivity index (χ4n) is 2.04. The molecule has 2 aromatic carbocycles. The van der Waals surface area contributed by atoms with E-state index in [0.717, 1.165) is 16.2 Å². The number of benzene rings is 2. The Morgan fingerprint density at radius 1 is 1.33 bits per heavy atom. The lowest BCUT2D eigenvalue weighted by Gasteiger charge is -2.06. The molecule has 21 heavy (non-hydrogen) atoms. The van der Waals surface area contributed by atoms with Crippen molar-refractivity contribution in [3.63, 3.8) is 0 Å². The lowest BCUT2D eigenvalue weighted by molar-refractivity contribution is 0.385. The van der Waals surface area contributed by atoms with E-state index in [-0.39, 0.29) is 11.6 Å². The summed E-state index contributed by atoms with van der Waals surface area (Å²) in [7, 11) is 1.46. The van der Waals surface area contributed by atoms with Crippen LogP contribution in [-0.2, 0) is 5.75 Å². The molecule has 0 saturated heterocycles. The highest BCUT2D eigenvalue weighted by Gasteiger charge is 2.10. The molecular formula is C15H14FN3OS. The summed E-state index contributed by atoms with van der Waals surface area (Å²) in [5, 5.41) is 0.734. The van der Waals surface area contributed by atoms with Crippen LogP contribution in [-0.4, -0.2) is 17.1 Å². The minimum Gasteiger partial charge on any atom is -0.494 e. The number of nitrogens with zero attached hydrogens (tertiary/aromatic N) is 1. The standard InChI is InChI=1S/C15H14FN3OS/c1-20-13-4-2-3-9(14(13)16)8-21-15-18-11-6-5-10(17)7-12(11)19-15/h2-7H,8,17H2,1H3,(H,18,19).